The Balaban J connectivity index is 0.809. The molecular weight excluding hydrogens is 1050 g/mol. The van der Waals surface area contributed by atoms with Gasteiger partial charge in [0.1, 0.15) is 5.82 Å². The van der Waals surface area contributed by atoms with Gasteiger partial charge in [-0.05, 0) is 131 Å². The molecule has 0 aliphatic heterocycles. The molecule has 404 valence electrons. The molecule has 0 amide bonds. The van der Waals surface area contributed by atoms with Gasteiger partial charge in [-0.3, -0.25) is 4.57 Å². The molecule has 3 aromatic heterocycles. The molecule has 2 atom stereocenters. The summed E-state index contributed by atoms with van der Waals surface area (Å²) in [5, 5.41) is 11.9. The number of benzene rings is 11. The summed E-state index contributed by atoms with van der Waals surface area (Å²) < 4.78 is 19.5. The lowest BCUT2D eigenvalue weighted by Crippen LogP contribution is -2.20. The van der Waals surface area contributed by atoms with Crippen molar-refractivity contribution >= 4 is 106 Å². The van der Waals surface area contributed by atoms with Crippen LogP contribution in [0, 0.1) is 0 Å². The second kappa shape index (κ2) is 19.9. The molecule has 0 bridgehead atoms. The zero-order valence-electron chi connectivity index (χ0n) is 46.9. The first-order valence-corrected chi connectivity index (χ1v) is 31.7. The molecule has 0 fully saturated rings. The van der Waals surface area contributed by atoms with Gasteiger partial charge in [-0.25, -0.2) is 15.0 Å². The van der Waals surface area contributed by atoms with E-state index < -0.39 is 7.14 Å². The Kier molecular flexibility index (Phi) is 11.7. The van der Waals surface area contributed by atoms with E-state index in [2.05, 4.69) is 247 Å². The smallest absolute Gasteiger partial charge is 0.166 e. The zero-order chi connectivity index (χ0) is 56.2. The SMILES string of the molecule is O=P(C1=CCC(c2c3ccc4c(c3nc3c5c(ccc23)CCC=C5)C=CCC4)CC1)(c1ccc(-c2c3ccc4ccccc4c3nc3c2ccc2ccccc23)cc1)c1cccc(-c2ccc(-c3nc4ccccc4n3-c3ccccc3)cc2)c1. The minimum atomic E-state index is -3.48. The lowest BCUT2D eigenvalue weighted by atomic mass is 9.81. The van der Waals surface area contributed by atoms with Gasteiger partial charge >= 0.3 is 0 Å². The molecule has 5 nitrogen and oxygen atoms in total. The lowest BCUT2D eigenvalue weighted by molar-refractivity contribution is 0.579. The normalized spacial score (nSPS) is 15.7. The predicted molar refractivity (Wildman–Crippen MR) is 357 cm³/mol. The van der Waals surface area contributed by atoms with E-state index in [1.807, 2.05) is 12.1 Å². The van der Waals surface area contributed by atoms with Crippen molar-refractivity contribution in [1.82, 2.24) is 19.5 Å². The molecule has 3 aliphatic carbocycles. The quantitative estimate of drug-likeness (QED) is 0.0864. The monoisotopic (exact) mass is 1110 g/mol. The lowest BCUT2D eigenvalue weighted by Gasteiger charge is -2.30. The van der Waals surface area contributed by atoms with Crippen LogP contribution in [0.3, 0.4) is 0 Å². The van der Waals surface area contributed by atoms with E-state index in [-0.39, 0.29) is 5.92 Å². The summed E-state index contributed by atoms with van der Waals surface area (Å²) in [6.45, 7) is 0. The van der Waals surface area contributed by atoms with Crippen molar-refractivity contribution < 1.29 is 4.57 Å². The number of imidazole rings is 1. The zero-order valence-corrected chi connectivity index (χ0v) is 47.8. The van der Waals surface area contributed by atoms with Crippen LogP contribution in [0.5, 0.6) is 0 Å². The summed E-state index contributed by atoms with van der Waals surface area (Å²) in [6.07, 6.45) is 18.1. The summed E-state index contributed by atoms with van der Waals surface area (Å²) in [4.78, 5) is 16.3. The van der Waals surface area contributed by atoms with Crippen LogP contribution >= 0.6 is 7.14 Å². The van der Waals surface area contributed by atoms with Crippen molar-refractivity contribution in [1.29, 1.82) is 0 Å². The number of fused-ring (bicyclic) bond motifs is 13. The van der Waals surface area contributed by atoms with Crippen LogP contribution in [0.15, 0.2) is 248 Å². The van der Waals surface area contributed by atoms with Crippen LogP contribution in [-0.2, 0) is 17.4 Å². The Bertz CT molecular complexity index is 5070. The average Bonchev–Trinajstić information content (AvgIpc) is 2.46. The maximum Gasteiger partial charge on any atom is 0.166 e. The first-order chi connectivity index (χ1) is 42.0. The number of hydrogen-bond acceptors (Lipinski definition) is 4. The van der Waals surface area contributed by atoms with Crippen LogP contribution in [0.2, 0.25) is 0 Å². The average molecular weight is 1110 g/mol. The van der Waals surface area contributed by atoms with E-state index in [4.69, 9.17) is 15.0 Å². The Labute approximate surface area is 493 Å². The van der Waals surface area contributed by atoms with E-state index in [1.54, 1.807) is 0 Å². The molecule has 85 heavy (non-hydrogen) atoms. The summed E-state index contributed by atoms with van der Waals surface area (Å²) >= 11 is 0. The van der Waals surface area contributed by atoms with Crippen molar-refractivity contribution in [2.45, 2.75) is 50.9 Å². The van der Waals surface area contributed by atoms with Crippen LogP contribution < -0.4 is 10.6 Å². The number of allylic oxidation sites excluding steroid dienone is 4. The first-order valence-electron chi connectivity index (χ1n) is 30.0. The maximum absolute atomic E-state index is 17.3. The summed E-state index contributed by atoms with van der Waals surface area (Å²) in [5.41, 5.74) is 19.2. The van der Waals surface area contributed by atoms with Crippen LogP contribution in [0.25, 0.3) is 128 Å². The van der Waals surface area contributed by atoms with Crippen LogP contribution in [-0.4, -0.2) is 19.5 Å². The Morgan fingerprint density at radius 2 is 1.02 bits per heavy atom. The summed E-state index contributed by atoms with van der Waals surface area (Å²) in [7, 11) is -3.48. The molecular formula is C79H57N4OP. The Morgan fingerprint density at radius 3 is 1.68 bits per heavy atom. The highest BCUT2D eigenvalue weighted by atomic mass is 31.2. The fraction of sp³-hybridized carbons (Fsp3) is 0.101. The van der Waals surface area contributed by atoms with Crippen molar-refractivity contribution in [3.05, 3.63) is 276 Å². The largest absolute Gasteiger partial charge is 0.309 e. The molecule has 11 aromatic carbocycles. The molecule has 2 unspecified atom stereocenters. The molecule has 3 heterocycles. The second-order valence-electron chi connectivity index (χ2n) is 23.4. The third-order valence-electron chi connectivity index (χ3n) is 18.7. The Morgan fingerprint density at radius 1 is 0.435 bits per heavy atom. The van der Waals surface area contributed by atoms with Crippen LogP contribution in [0.4, 0.5) is 0 Å². The van der Waals surface area contributed by atoms with Gasteiger partial charge < -0.3 is 4.57 Å². The highest BCUT2D eigenvalue weighted by Crippen LogP contribution is 2.58. The number of aryl methyl sites for hydroxylation is 2. The molecule has 0 saturated heterocycles. The molecule has 0 spiro atoms. The van der Waals surface area contributed by atoms with Gasteiger partial charge in [0.15, 0.2) is 7.14 Å². The molecule has 6 heteroatoms. The third-order valence-corrected chi connectivity index (χ3v) is 21.9. The highest BCUT2D eigenvalue weighted by molar-refractivity contribution is 7.82. The van der Waals surface area contributed by atoms with E-state index in [9.17, 15) is 0 Å². The van der Waals surface area contributed by atoms with E-state index in [0.717, 1.165) is 159 Å². The van der Waals surface area contributed by atoms with E-state index in [0.29, 0.717) is 6.42 Å². The van der Waals surface area contributed by atoms with Gasteiger partial charge in [-0.2, -0.15) is 0 Å². The van der Waals surface area contributed by atoms with Gasteiger partial charge in [-0.15, -0.1) is 0 Å². The molecule has 0 radical (unpaired) electrons. The second-order valence-corrected chi connectivity index (χ2v) is 26.2. The van der Waals surface area contributed by atoms with Gasteiger partial charge in [0, 0.05) is 70.9 Å². The predicted octanol–water partition coefficient (Wildman–Crippen LogP) is 19.8. The van der Waals surface area contributed by atoms with Crippen molar-refractivity contribution in [2.75, 3.05) is 0 Å². The van der Waals surface area contributed by atoms with Crippen molar-refractivity contribution in [3.8, 4) is 39.3 Å². The van der Waals surface area contributed by atoms with Gasteiger partial charge in [-0.1, -0.05) is 225 Å². The standard InChI is InChI=1S/C79H57N4OP/c84-85(62-22-14-19-58(49-62)50-29-31-57(32-30-50)79-80-71-27-12-13-28-72(71)83(79)59-20-2-1-3-21-59,60-41-33-55(34-42-60)73-67-45-37-51-15-4-8-23-63(51)75(67)81-76-64-24-9-5-16-52(64)38-46-68(73)76)61-43-35-56(36-44-61)74-69-47-39-53-17-6-10-25-65(53)77(69)82-78-66-26-11-7-18-54(66)40-48-70(74)78/h1-5,8-16,19-34,37-43,45-49,56H,6-7,17-18,35-36,44H2. The number of aromatic nitrogens is 4. The fourth-order valence-corrected chi connectivity index (χ4v) is 17.5. The molecule has 17 rings (SSSR count). The third kappa shape index (κ3) is 8.05. The topological polar surface area (TPSA) is 60.7 Å². The molecule has 14 aromatic rings. The number of rotatable bonds is 8. The number of pyridine rings is 2. The number of para-hydroxylation sites is 3. The summed E-state index contributed by atoms with van der Waals surface area (Å²) in [6, 6.07) is 80.3. The van der Waals surface area contributed by atoms with Gasteiger partial charge in [0.2, 0.25) is 0 Å². The first kappa shape index (κ1) is 49.8. The van der Waals surface area contributed by atoms with E-state index >= 15 is 4.57 Å². The summed E-state index contributed by atoms with van der Waals surface area (Å²) in [5.74, 6) is 1.10. The number of nitrogens with zero attached hydrogens (tertiary/aromatic N) is 4. The van der Waals surface area contributed by atoms with Gasteiger partial charge in [0.25, 0.3) is 0 Å². The Hall–Kier alpha value is -9.80. The minimum Gasteiger partial charge on any atom is -0.309 e. The van der Waals surface area contributed by atoms with Crippen molar-refractivity contribution in [2.24, 2.45) is 0 Å². The van der Waals surface area contributed by atoms with Crippen LogP contribution in [0.1, 0.15) is 65.8 Å². The fourth-order valence-electron chi connectivity index (χ4n) is 14.5. The maximum atomic E-state index is 17.3. The minimum absolute atomic E-state index is 0.212. The van der Waals surface area contributed by atoms with Gasteiger partial charge in [0.05, 0.1) is 33.1 Å². The van der Waals surface area contributed by atoms with E-state index in [1.165, 1.54) is 38.6 Å². The molecule has 3 aliphatic rings. The van der Waals surface area contributed by atoms with Crippen molar-refractivity contribution in [3.63, 3.8) is 0 Å². The molecule has 0 N–H and O–H groups in total. The number of hydrogen-bond donors (Lipinski definition) is 0. The molecule has 0 saturated carbocycles. The highest BCUT2D eigenvalue weighted by Gasteiger charge is 2.36.